The molecule has 2 rings (SSSR count). The Balaban J connectivity index is 2.71. The average molecular weight is 326 g/mol. The van der Waals surface area contributed by atoms with Gasteiger partial charge in [-0.05, 0) is 46.6 Å². The van der Waals surface area contributed by atoms with E-state index in [9.17, 15) is 14.0 Å². The van der Waals surface area contributed by atoms with Crippen molar-refractivity contribution in [2.75, 3.05) is 0 Å². The molecule has 2 aromatic rings. The lowest BCUT2D eigenvalue weighted by Gasteiger charge is -2.11. The van der Waals surface area contributed by atoms with E-state index >= 15 is 0 Å². The van der Waals surface area contributed by atoms with E-state index in [-0.39, 0.29) is 15.6 Å². The zero-order valence-corrected chi connectivity index (χ0v) is 11.4. The number of hydrogen-bond donors (Lipinski definition) is 1. The van der Waals surface area contributed by atoms with Gasteiger partial charge in [-0.15, -0.1) is 0 Å². The molecule has 1 aromatic carbocycles. The lowest BCUT2D eigenvalue weighted by molar-refractivity contribution is 0.0696. The van der Waals surface area contributed by atoms with Gasteiger partial charge in [-0.3, -0.25) is 9.36 Å². The molecule has 98 valence electrons. The van der Waals surface area contributed by atoms with Crippen molar-refractivity contribution in [3.63, 3.8) is 0 Å². The molecule has 0 atom stereocenters. The highest BCUT2D eigenvalue weighted by Gasteiger charge is 2.11. The first-order valence-electron chi connectivity index (χ1n) is 5.32. The number of carboxylic acid groups (broad SMARTS) is 1. The summed E-state index contributed by atoms with van der Waals surface area (Å²) in [4.78, 5) is 22.7. The van der Waals surface area contributed by atoms with Crippen LogP contribution < -0.4 is 5.56 Å². The predicted molar refractivity (Wildman–Crippen MR) is 71.4 cm³/mol. The van der Waals surface area contributed by atoms with Gasteiger partial charge < -0.3 is 5.11 Å². The summed E-state index contributed by atoms with van der Waals surface area (Å²) in [6, 6.07) is 5.12. The second-order valence-corrected chi connectivity index (χ2v) is 4.84. The average Bonchev–Trinajstić information content (AvgIpc) is 2.34. The van der Waals surface area contributed by atoms with Crippen LogP contribution in [0.5, 0.6) is 0 Å². The van der Waals surface area contributed by atoms with E-state index in [1.807, 2.05) is 0 Å². The molecule has 0 amide bonds. The lowest BCUT2D eigenvalue weighted by atomic mass is 10.2. The Bertz CT molecular complexity index is 724. The Hall–Kier alpha value is -1.95. The second-order valence-electron chi connectivity index (χ2n) is 3.98. The summed E-state index contributed by atoms with van der Waals surface area (Å²) in [7, 11) is 0. The summed E-state index contributed by atoms with van der Waals surface area (Å²) < 4.78 is 14.7. The molecule has 0 radical (unpaired) electrons. The number of benzene rings is 1. The highest BCUT2D eigenvalue weighted by Crippen LogP contribution is 2.22. The van der Waals surface area contributed by atoms with Crippen molar-refractivity contribution in [1.82, 2.24) is 4.57 Å². The topological polar surface area (TPSA) is 59.3 Å². The number of aromatic nitrogens is 1. The third kappa shape index (κ3) is 2.58. The van der Waals surface area contributed by atoms with E-state index in [1.165, 1.54) is 35.0 Å². The zero-order valence-electron chi connectivity index (χ0n) is 9.85. The molecule has 0 bridgehead atoms. The summed E-state index contributed by atoms with van der Waals surface area (Å²) >= 11 is 3.04. The van der Waals surface area contributed by atoms with E-state index in [1.54, 1.807) is 6.92 Å². The van der Waals surface area contributed by atoms with Gasteiger partial charge in [0.05, 0.1) is 15.7 Å². The van der Waals surface area contributed by atoms with Crippen molar-refractivity contribution in [2.45, 2.75) is 6.92 Å². The van der Waals surface area contributed by atoms with Crippen LogP contribution in [0.15, 0.2) is 39.7 Å². The number of rotatable bonds is 2. The molecule has 19 heavy (non-hydrogen) atoms. The van der Waals surface area contributed by atoms with Crippen LogP contribution in [0.4, 0.5) is 4.39 Å². The van der Waals surface area contributed by atoms with Crippen LogP contribution in [0.3, 0.4) is 0 Å². The molecule has 6 heteroatoms. The van der Waals surface area contributed by atoms with E-state index < -0.39 is 11.8 Å². The van der Waals surface area contributed by atoms with Crippen molar-refractivity contribution < 1.29 is 14.3 Å². The number of aryl methyl sites for hydroxylation is 1. The molecular formula is C13H9BrFNO3. The van der Waals surface area contributed by atoms with Crippen molar-refractivity contribution in [3.8, 4) is 5.69 Å². The van der Waals surface area contributed by atoms with E-state index in [2.05, 4.69) is 15.9 Å². The first-order chi connectivity index (χ1) is 8.90. The molecule has 0 fully saturated rings. The molecule has 4 nitrogen and oxygen atoms in total. The normalized spacial score (nSPS) is 10.5. The van der Waals surface area contributed by atoms with Crippen LogP contribution in [0.1, 0.15) is 15.9 Å². The number of aromatic carboxylic acids is 1. The van der Waals surface area contributed by atoms with Crippen LogP contribution in [0.2, 0.25) is 0 Å². The van der Waals surface area contributed by atoms with Crippen molar-refractivity contribution in [1.29, 1.82) is 0 Å². The predicted octanol–water partition coefficient (Wildman–Crippen LogP) is 2.75. The highest BCUT2D eigenvalue weighted by molar-refractivity contribution is 9.10. The molecule has 0 aliphatic heterocycles. The van der Waals surface area contributed by atoms with Gasteiger partial charge in [0.25, 0.3) is 5.56 Å². The fourth-order valence-electron chi connectivity index (χ4n) is 1.70. The zero-order chi connectivity index (χ0) is 14.2. The number of pyridine rings is 1. The molecule has 0 unspecified atom stereocenters. The molecule has 0 aliphatic carbocycles. The Morgan fingerprint density at radius 2 is 2.05 bits per heavy atom. The van der Waals surface area contributed by atoms with Crippen LogP contribution in [0.25, 0.3) is 5.69 Å². The molecule has 1 heterocycles. The van der Waals surface area contributed by atoms with Crippen molar-refractivity contribution >= 4 is 21.9 Å². The number of nitrogens with zero attached hydrogens (tertiary/aromatic N) is 1. The minimum atomic E-state index is -1.13. The van der Waals surface area contributed by atoms with Gasteiger partial charge in [-0.1, -0.05) is 0 Å². The van der Waals surface area contributed by atoms with Gasteiger partial charge in [0, 0.05) is 12.3 Å². The first-order valence-corrected chi connectivity index (χ1v) is 6.11. The molecule has 1 N–H and O–H groups in total. The smallest absolute Gasteiger partial charge is 0.337 e. The largest absolute Gasteiger partial charge is 0.478 e. The summed E-state index contributed by atoms with van der Waals surface area (Å²) in [6.07, 6.45) is 1.22. The molecule has 0 saturated carbocycles. The van der Waals surface area contributed by atoms with Gasteiger partial charge in [-0.25, -0.2) is 9.18 Å². The third-order valence-corrected chi connectivity index (χ3v) is 3.26. The second kappa shape index (κ2) is 4.97. The highest BCUT2D eigenvalue weighted by atomic mass is 79.9. The number of hydrogen-bond acceptors (Lipinski definition) is 2. The maximum atomic E-state index is 13.4. The first kappa shape index (κ1) is 13.5. The third-order valence-electron chi connectivity index (χ3n) is 2.66. The van der Waals surface area contributed by atoms with Crippen LogP contribution in [-0.2, 0) is 0 Å². The van der Waals surface area contributed by atoms with Gasteiger partial charge >= 0.3 is 5.97 Å². The van der Waals surface area contributed by atoms with Gasteiger partial charge in [-0.2, -0.15) is 0 Å². The van der Waals surface area contributed by atoms with Crippen LogP contribution in [-0.4, -0.2) is 15.6 Å². The number of halogens is 2. The molecule has 0 saturated heterocycles. The molecule has 1 aromatic heterocycles. The van der Waals surface area contributed by atoms with Crippen LogP contribution in [0, 0.1) is 12.7 Å². The van der Waals surface area contributed by atoms with Crippen LogP contribution >= 0.6 is 15.9 Å². The minimum Gasteiger partial charge on any atom is -0.478 e. The molecule has 0 spiro atoms. The van der Waals surface area contributed by atoms with Crippen molar-refractivity contribution in [2.24, 2.45) is 0 Å². The van der Waals surface area contributed by atoms with E-state index in [4.69, 9.17) is 5.11 Å². The van der Waals surface area contributed by atoms with Gasteiger partial charge in [0.2, 0.25) is 0 Å². The van der Waals surface area contributed by atoms with E-state index in [0.717, 1.165) is 0 Å². The molecular weight excluding hydrogens is 317 g/mol. The monoisotopic (exact) mass is 325 g/mol. The van der Waals surface area contributed by atoms with Gasteiger partial charge in [0.15, 0.2) is 0 Å². The maximum absolute atomic E-state index is 13.4. The maximum Gasteiger partial charge on any atom is 0.337 e. The Morgan fingerprint density at radius 1 is 1.37 bits per heavy atom. The summed E-state index contributed by atoms with van der Waals surface area (Å²) in [5.74, 6) is -1.57. The fraction of sp³-hybridized carbons (Fsp3) is 0.0769. The fourth-order valence-corrected chi connectivity index (χ4v) is 2.03. The number of carbonyl (C=O) groups is 1. The lowest BCUT2D eigenvalue weighted by Crippen LogP contribution is -2.19. The summed E-state index contributed by atoms with van der Waals surface area (Å²) in [5, 5.41) is 8.93. The number of carboxylic acids is 1. The Morgan fingerprint density at radius 3 is 2.68 bits per heavy atom. The standard InChI is InChI=1S/C13H9BrFNO3/c1-7-4-10(15)9(14)5-11(7)16-6-8(13(18)19)2-3-12(16)17/h2-6H,1H3,(H,18,19). The Labute approximate surface area is 116 Å². The molecule has 0 aliphatic rings. The van der Waals surface area contributed by atoms with Gasteiger partial charge in [0.1, 0.15) is 5.82 Å². The summed E-state index contributed by atoms with van der Waals surface area (Å²) in [6.45, 7) is 1.64. The quantitative estimate of drug-likeness (QED) is 0.923. The SMILES string of the molecule is Cc1cc(F)c(Br)cc1-n1cc(C(=O)O)ccc1=O. The Kier molecular flexibility index (Phi) is 3.53. The summed E-state index contributed by atoms with van der Waals surface area (Å²) in [5.41, 5.74) is 0.567. The van der Waals surface area contributed by atoms with Crippen molar-refractivity contribution in [3.05, 3.63) is 62.2 Å². The minimum absolute atomic E-state index is 0.0144. The van der Waals surface area contributed by atoms with E-state index in [0.29, 0.717) is 11.3 Å².